The van der Waals surface area contributed by atoms with Gasteiger partial charge < -0.3 is 20.6 Å². The maximum absolute atomic E-state index is 5.16. The van der Waals surface area contributed by atoms with E-state index in [4.69, 9.17) is 9.97 Å². The molecule has 6 heteroatoms. The van der Waals surface area contributed by atoms with E-state index in [2.05, 4.69) is 154 Å². The minimum atomic E-state index is 0.867. The van der Waals surface area contributed by atoms with E-state index < -0.39 is 0 Å². The summed E-state index contributed by atoms with van der Waals surface area (Å²) in [6, 6.07) is 49.9. The van der Waals surface area contributed by atoms with Crippen molar-refractivity contribution in [3.8, 4) is 22.3 Å². The standard InChI is InChI=1S/C44H32N6/c1-3-11-29(12-4-1)45-37-17-9-7-15-35(37)43-39-23-19-31(47-39)27-33-21-25-41(49-33)44(42-26-22-34(50-42)28-32-20-24-40(43)48-32)36-16-8-10-18-38(36)46-30-13-5-2-6-14-30/h1-28,45-47,50H. The molecule has 5 heterocycles. The lowest BCUT2D eigenvalue weighted by molar-refractivity contribution is 1.31. The van der Waals surface area contributed by atoms with E-state index in [0.717, 1.165) is 89.8 Å². The number of aromatic nitrogens is 4. The third-order valence-corrected chi connectivity index (χ3v) is 8.90. The molecule has 8 bridgehead atoms. The van der Waals surface area contributed by atoms with Gasteiger partial charge in [0, 0.05) is 67.1 Å². The summed E-state index contributed by atoms with van der Waals surface area (Å²) in [6.07, 6.45) is 8.34. The normalized spacial score (nSPS) is 11.8. The van der Waals surface area contributed by atoms with Crippen molar-refractivity contribution in [1.82, 2.24) is 19.9 Å². The van der Waals surface area contributed by atoms with Crippen LogP contribution >= 0.6 is 0 Å². The lowest BCUT2D eigenvalue weighted by Crippen LogP contribution is -1.95. The van der Waals surface area contributed by atoms with Crippen molar-refractivity contribution in [3.05, 3.63) is 168 Å². The maximum atomic E-state index is 5.16. The van der Waals surface area contributed by atoms with Gasteiger partial charge in [0.05, 0.1) is 22.8 Å². The van der Waals surface area contributed by atoms with Crippen LogP contribution < -0.4 is 10.6 Å². The van der Waals surface area contributed by atoms with Gasteiger partial charge in [0.1, 0.15) is 0 Å². The number of para-hydroxylation sites is 4. The molecule has 0 fully saturated rings. The molecule has 2 aliphatic heterocycles. The molecule has 2 aliphatic rings. The molecule has 4 N–H and O–H groups in total. The van der Waals surface area contributed by atoms with E-state index in [9.17, 15) is 0 Å². The maximum Gasteiger partial charge on any atom is 0.0737 e. The molecule has 0 aliphatic carbocycles. The number of benzene rings is 4. The molecule has 4 aromatic carbocycles. The number of hydrogen-bond acceptors (Lipinski definition) is 4. The van der Waals surface area contributed by atoms with E-state index in [0.29, 0.717) is 0 Å². The highest BCUT2D eigenvalue weighted by atomic mass is 14.9. The fourth-order valence-electron chi connectivity index (χ4n) is 6.61. The first-order valence-electron chi connectivity index (χ1n) is 16.7. The molecule has 238 valence electrons. The average molecular weight is 645 g/mol. The SMILES string of the molecule is C1=Cc2nc1cc1ccc([nH]1)c(-c1ccccc1Nc1ccccc1)c1nc(cc3ccc([nH]3)c2-c2ccccc2Nc2ccccc2)C=C1. The number of hydrogen-bond donors (Lipinski definition) is 4. The van der Waals surface area contributed by atoms with Crippen molar-refractivity contribution in [3.63, 3.8) is 0 Å². The van der Waals surface area contributed by atoms with Gasteiger partial charge in [-0.05, 0) is 97.1 Å². The van der Waals surface area contributed by atoms with Gasteiger partial charge in [0.2, 0.25) is 0 Å². The molecule has 6 nitrogen and oxygen atoms in total. The van der Waals surface area contributed by atoms with Gasteiger partial charge in [-0.3, -0.25) is 0 Å². The minimum Gasteiger partial charge on any atom is -0.355 e. The number of nitrogens with one attached hydrogen (secondary N) is 4. The monoisotopic (exact) mass is 644 g/mol. The smallest absolute Gasteiger partial charge is 0.0737 e. The summed E-state index contributed by atoms with van der Waals surface area (Å²) >= 11 is 0. The van der Waals surface area contributed by atoms with Gasteiger partial charge in [0.15, 0.2) is 0 Å². The molecule has 0 saturated heterocycles. The van der Waals surface area contributed by atoms with Crippen LogP contribution in [-0.4, -0.2) is 19.9 Å². The minimum absolute atomic E-state index is 0.867. The highest BCUT2D eigenvalue weighted by Crippen LogP contribution is 2.38. The molecule has 0 saturated carbocycles. The second kappa shape index (κ2) is 12.6. The van der Waals surface area contributed by atoms with Crippen LogP contribution in [0.5, 0.6) is 0 Å². The van der Waals surface area contributed by atoms with Crippen LogP contribution in [0.2, 0.25) is 0 Å². The van der Waals surface area contributed by atoms with Gasteiger partial charge >= 0.3 is 0 Å². The largest absolute Gasteiger partial charge is 0.355 e. The highest BCUT2D eigenvalue weighted by molar-refractivity contribution is 5.98. The summed E-state index contributed by atoms with van der Waals surface area (Å²) in [4.78, 5) is 17.7. The van der Waals surface area contributed by atoms with Crippen LogP contribution in [0.4, 0.5) is 22.7 Å². The van der Waals surface area contributed by atoms with Crippen LogP contribution in [0.1, 0.15) is 22.8 Å². The third-order valence-electron chi connectivity index (χ3n) is 8.90. The zero-order valence-electron chi connectivity index (χ0n) is 27.1. The van der Waals surface area contributed by atoms with Crippen molar-refractivity contribution < 1.29 is 0 Å². The zero-order chi connectivity index (χ0) is 33.3. The molecule has 9 rings (SSSR count). The molecule has 0 atom stereocenters. The molecule has 0 amide bonds. The van der Waals surface area contributed by atoms with Gasteiger partial charge in [0.25, 0.3) is 0 Å². The Bertz CT molecular complexity index is 2410. The van der Waals surface area contributed by atoms with Crippen LogP contribution in [0, 0.1) is 0 Å². The Morgan fingerprint density at radius 3 is 1.28 bits per heavy atom. The predicted molar refractivity (Wildman–Crippen MR) is 209 cm³/mol. The summed E-state index contributed by atoms with van der Waals surface area (Å²) in [6.45, 7) is 0. The Morgan fingerprint density at radius 1 is 0.400 bits per heavy atom. The molecular weight excluding hydrogens is 613 g/mol. The molecule has 50 heavy (non-hydrogen) atoms. The Kier molecular flexibility index (Phi) is 7.37. The van der Waals surface area contributed by atoms with Crippen molar-refractivity contribution in [1.29, 1.82) is 0 Å². The number of nitrogens with zero attached hydrogens (tertiary/aromatic N) is 2. The molecular formula is C44H32N6. The average Bonchev–Trinajstić information content (AvgIpc) is 3.98. The van der Waals surface area contributed by atoms with Gasteiger partial charge in [-0.2, -0.15) is 0 Å². The first-order valence-corrected chi connectivity index (χ1v) is 16.7. The summed E-state index contributed by atoms with van der Waals surface area (Å²) in [7, 11) is 0. The van der Waals surface area contributed by atoms with Crippen LogP contribution in [0.15, 0.2) is 146 Å². The number of H-pyrrole nitrogens is 2. The van der Waals surface area contributed by atoms with Crippen LogP contribution in [-0.2, 0) is 0 Å². The number of aromatic amines is 2. The summed E-state index contributed by atoms with van der Waals surface area (Å²) in [5.74, 6) is 0. The van der Waals surface area contributed by atoms with E-state index >= 15 is 0 Å². The lowest BCUT2D eigenvalue weighted by atomic mass is 10.0. The Balaban J connectivity index is 1.26. The second-order valence-electron chi connectivity index (χ2n) is 12.3. The van der Waals surface area contributed by atoms with E-state index in [1.807, 2.05) is 36.4 Å². The third kappa shape index (κ3) is 5.76. The summed E-state index contributed by atoms with van der Waals surface area (Å²) in [5.41, 5.74) is 15.5. The zero-order valence-corrected chi connectivity index (χ0v) is 27.1. The Morgan fingerprint density at radius 2 is 0.820 bits per heavy atom. The first kappa shape index (κ1) is 29.2. The Hall–Kier alpha value is -6.92. The predicted octanol–water partition coefficient (Wildman–Crippen LogP) is 11.5. The van der Waals surface area contributed by atoms with Gasteiger partial charge in [-0.25, -0.2) is 9.97 Å². The fraction of sp³-hybridized carbons (Fsp3) is 0. The molecule has 3 aromatic heterocycles. The molecule has 0 radical (unpaired) electrons. The quantitative estimate of drug-likeness (QED) is 0.145. The number of anilines is 4. The molecule has 0 unspecified atom stereocenters. The summed E-state index contributed by atoms with van der Waals surface area (Å²) < 4.78 is 0. The number of rotatable bonds is 6. The number of fused-ring (bicyclic) bond motifs is 8. The molecule has 7 aromatic rings. The molecule has 0 spiro atoms. The van der Waals surface area contributed by atoms with Crippen molar-refractivity contribution in [2.24, 2.45) is 0 Å². The van der Waals surface area contributed by atoms with E-state index in [-0.39, 0.29) is 0 Å². The lowest BCUT2D eigenvalue weighted by Gasteiger charge is -2.13. The van der Waals surface area contributed by atoms with E-state index in [1.165, 1.54) is 0 Å². The van der Waals surface area contributed by atoms with Crippen molar-refractivity contribution >= 4 is 69.1 Å². The van der Waals surface area contributed by atoms with Crippen molar-refractivity contribution in [2.75, 3.05) is 10.6 Å². The first-order chi connectivity index (χ1) is 24.7. The fourth-order valence-corrected chi connectivity index (χ4v) is 6.61. The van der Waals surface area contributed by atoms with Gasteiger partial charge in [-0.1, -0.05) is 72.8 Å². The summed E-state index contributed by atoms with van der Waals surface area (Å²) in [5, 5.41) is 7.25. The highest BCUT2D eigenvalue weighted by Gasteiger charge is 2.17. The van der Waals surface area contributed by atoms with Crippen LogP contribution in [0.3, 0.4) is 0 Å². The Labute approximate surface area is 289 Å². The van der Waals surface area contributed by atoms with Gasteiger partial charge in [-0.15, -0.1) is 0 Å². The van der Waals surface area contributed by atoms with E-state index in [1.54, 1.807) is 0 Å². The topological polar surface area (TPSA) is 81.4 Å². The second-order valence-corrected chi connectivity index (χ2v) is 12.3. The van der Waals surface area contributed by atoms with Crippen molar-refractivity contribution in [2.45, 2.75) is 0 Å². The van der Waals surface area contributed by atoms with Crippen LogP contribution in [0.25, 0.3) is 68.6 Å².